The lowest BCUT2D eigenvalue weighted by molar-refractivity contribution is -0.384. The monoisotopic (exact) mass is 363 g/mol. The fraction of sp³-hybridized carbons (Fsp3) is 0.133. The summed E-state index contributed by atoms with van der Waals surface area (Å²) in [6.07, 6.45) is 1.10. The number of fused-ring (bicyclic) bond motifs is 1. The Balaban J connectivity index is 2.22. The summed E-state index contributed by atoms with van der Waals surface area (Å²) < 4.78 is 37.2. The normalized spacial score (nSPS) is 11.4. The Hall–Kier alpha value is -3.14. The van der Waals surface area contributed by atoms with Gasteiger partial charge in [-0.25, -0.2) is 17.4 Å². The molecule has 0 amide bonds. The summed E-state index contributed by atoms with van der Waals surface area (Å²) in [6.45, 7) is 0. The van der Waals surface area contributed by atoms with E-state index in [1.807, 2.05) is 0 Å². The van der Waals surface area contributed by atoms with Gasteiger partial charge in [0.2, 0.25) is 0 Å². The van der Waals surface area contributed by atoms with Crippen LogP contribution in [0.3, 0.4) is 0 Å². The zero-order chi connectivity index (χ0) is 18.2. The number of nitro groups is 1. The largest absolute Gasteiger partial charge is 0.497 e. The van der Waals surface area contributed by atoms with Crippen LogP contribution in [0.15, 0.2) is 47.6 Å². The molecule has 10 heteroatoms. The Morgan fingerprint density at radius 2 is 1.88 bits per heavy atom. The highest BCUT2D eigenvalue weighted by molar-refractivity contribution is 7.90. The van der Waals surface area contributed by atoms with E-state index >= 15 is 0 Å². The number of hydrogen-bond donors (Lipinski definition) is 0. The molecule has 0 aliphatic heterocycles. The maximum Gasteiger partial charge on any atom is 0.273 e. The maximum absolute atomic E-state index is 13.0. The van der Waals surface area contributed by atoms with E-state index in [9.17, 15) is 18.5 Å². The van der Waals surface area contributed by atoms with Crippen LogP contribution < -0.4 is 9.47 Å². The van der Waals surface area contributed by atoms with Gasteiger partial charge in [0.05, 0.1) is 30.2 Å². The van der Waals surface area contributed by atoms with Crippen molar-refractivity contribution in [1.29, 1.82) is 0 Å². The number of aromatic nitrogens is 2. The second kappa shape index (κ2) is 6.06. The van der Waals surface area contributed by atoms with Gasteiger partial charge in [0.1, 0.15) is 22.7 Å². The van der Waals surface area contributed by atoms with Gasteiger partial charge in [-0.1, -0.05) is 0 Å². The third-order valence-corrected chi connectivity index (χ3v) is 5.30. The first-order valence-electron chi connectivity index (χ1n) is 6.97. The van der Waals surface area contributed by atoms with E-state index in [4.69, 9.17) is 9.47 Å². The fourth-order valence-corrected chi connectivity index (χ4v) is 3.84. The van der Waals surface area contributed by atoms with Crippen molar-refractivity contribution in [3.63, 3.8) is 0 Å². The molecule has 25 heavy (non-hydrogen) atoms. The fourth-order valence-electron chi connectivity index (χ4n) is 2.38. The van der Waals surface area contributed by atoms with Gasteiger partial charge < -0.3 is 9.47 Å². The number of nitrogens with zero attached hydrogens (tertiary/aromatic N) is 3. The van der Waals surface area contributed by atoms with Crippen LogP contribution in [0.1, 0.15) is 0 Å². The molecule has 0 aliphatic rings. The zero-order valence-electron chi connectivity index (χ0n) is 13.2. The van der Waals surface area contributed by atoms with Crippen LogP contribution >= 0.6 is 0 Å². The molecule has 2 aromatic carbocycles. The third kappa shape index (κ3) is 2.76. The van der Waals surface area contributed by atoms with Gasteiger partial charge in [0, 0.05) is 18.2 Å². The van der Waals surface area contributed by atoms with Crippen LogP contribution in [0.25, 0.3) is 11.0 Å². The Bertz CT molecular complexity index is 1070. The Kier molecular flexibility index (Phi) is 4.05. The highest BCUT2D eigenvalue weighted by Gasteiger charge is 2.25. The van der Waals surface area contributed by atoms with Crippen LogP contribution in [-0.2, 0) is 10.0 Å². The van der Waals surface area contributed by atoms with E-state index in [0.29, 0.717) is 5.75 Å². The molecule has 130 valence electrons. The van der Waals surface area contributed by atoms with Crippen LogP contribution in [0.2, 0.25) is 0 Å². The van der Waals surface area contributed by atoms with E-state index in [-0.39, 0.29) is 27.4 Å². The molecule has 0 radical (unpaired) electrons. The van der Waals surface area contributed by atoms with Gasteiger partial charge in [0.15, 0.2) is 0 Å². The van der Waals surface area contributed by atoms with E-state index in [1.165, 1.54) is 44.6 Å². The number of benzene rings is 2. The number of hydrogen-bond acceptors (Lipinski definition) is 7. The molecular formula is C15H13N3O6S. The molecule has 9 nitrogen and oxygen atoms in total. The maximum atomic E-state index is 13.0. The lowest BCUT2D eigenvalue weighted by atomic mass is 10.3. The minimum absolute atomic E-state index is 0.105. The highest BCUT2D eigenvalue weighted by Crippen LogP contribution is 2.31. The van der Waals surface area contributed by atoms with Gasteiger partial charge in [-0.2, -0.15) is 0 Å². The molecule has 1 aromatic heterocycles. The van der Waals surface area contributed by atoms with Crippen molar-refractivity contribution in [2.45, 2.75) is 4.90 Å². The minimum atomic E-state index is -4.05. The summed E-state index contributed by atoms with van der Waals surface area (Å²) in [7, 11) is -1.27. The van der Waals surface area contributed by atoms with Crippen molar-refractivity contribution < 1.29 is 22.8 Å². The van der Waals surface area contributed by atoms with Crippen molar-refractivity contribution in [3.8, 4) is 11.5 Å². The summed E-state index contributed by atoms with van der Waals surface area (Å²) in [5.74, 6) is 0.490. The predicted octanol–water partition coefficient (Wildman–Crippen LogP) is 2.20. The number of nitro benzene ring substituents is 1. The van der Waals surface area contributed by atoms with Gasteiger partial charge in [-0.3, -0.25) is 10.1 Å². The second-order valence-electron chi connectivity index (χ2n) is 4.99. The van der Waals surface area contributed by atoms with Crippen molar-refractivity contribution >= 4 is 26.7 Å². The first kappa shape index (κ1) is 16.7. The van der Waals surface area contributed by atoms with Crippen molar-refractivity contribution in [2.24, 2.45) is 0 Å². The van der Waals surface area contributed by atoms with E-state index < -0.39 is 14.9 Å². The van der Waals surface area contributed by atoms with E-state index in [1.54, 1.807) is 6.07 Å². The second-order valence-corrected chi connectivity index (χ2v) is 6.78. The summed E-state index contributed by atoms with van der Waals surface area (Å²) in [4.78, 5) is 14.1. The van der Waals surface area contributed by atoms with Crippen molar-refractivity contribution in [2.75, 3.05) is 14.2 Å². The smallest absolute Gasteiger partial charge is 0.273 e. The van der Waals surface area contributed by atoms with Gasteiger partial charge in [-0.15, -0.1) is 0 Å². The molecule has 0 atom stereocenters. The minimum Gasteiger partial charge on any atom is -0.497 e. The highest BCUT2D eigenvalue weighted by atomic mass is 32.2. The molecule has 0 aliphatic carbocycles. The molecule has 0 saturated heterocycles. The molecular weight excluding hydrogens is 350 g/mol. The molecule has 0 bridgehead atoms. The molecule has 0 spiro atoms. The Morgan fingerprint density at radius 3 is 2.52 bits per heavy atom. The standard InChI is InChI=1S/C15H13N3O6S/c1-23-11-4-6-14(24-2)15(8-11)25(21,22)17-9-16-12-7-10(18(19)20)3-5-13(12)17/h3-9H,1-2H3. The Morgan fingerprint density at radius 1 is 1.12 bits per heavy atom. The van der Waals surface area contributed by atoms with Gasteiger partial charge in [-0.05, 0) is 18.2 Å². The van der Waals surface area contributed by atoms with E-state index in [2.05, 4.69) is 4.98 Å². The zero-order valence-corrected chi connectivity index (χ0v) is 14.1. The lowest BCUT2D eigenvalue weighted by Crippen LogP contribution is -2.13. The van der Waals surface area contributed by atoms with Gasteiger partial charge in [0.25, 0.3) is 15.7 Å². The van der Waals surface area contributed by atoms with Gasteiger partial charge >= 0.3 is 0 Å². The predicted molar refractivity (Wildman–Crippen MR) is 88.5 cm³/mol. The van der Waals surface area contributed by atoms with Crippen LogP contribution in [0.4, 0.5) is 5.69 Å². The first-order valence-corrected chi connectivity index (χ1v) is 8.41. The molecule has 0 saturated carbocycles. The number of ether oxygens (including phenoxy) is 2. The number of non-ortho nitro benzene ring substituents is 1. The third-order valence-electron chi connectivity index (χ3n) is 3.62. The summed E-state index contributed by atoms with van der Waals surface area (Å²) in [5.41, 5.74) is 0.240. The average Bonchev–Trinajstić information content (AvgIpc) is 3.04. The first-order chi connectivity index (χ1) is 11.9. The number of rotatable bonds is 5. The summed E-state index contributed by atoms with van der Waals surface area (Å²) in [5, 5.41) is 10.8. The van der Waals surface area contributed by atoms with Crippen molar-refractivity contribution in [3.05, 3.63) is 52.8 Å². The summed E-state index contributed by atoms with van der Waals surface area (Å²) >= 11 is 0. The number of methoxy groups -OCH3 is 2. The lowest BCUT2D eigenvalue weighted by Gasteiger charge is -2.12. The van der Waals surface area contributed by atoms with E-state index in [0.717, 1.165) is 10.3 Å². The molecule has 0 unspecified atom stereocenters. The molecule has 0 N–H and O–H groups in total. The van der Waals surface area contributed by atoms with Crippen LogP contribution in [0, 0.1) is 10.1 Å². The number of imidazole rings is 1. The Labute approximate surface area is 142 Å². The topological polar surface area (TPSA) is 114 Å². The van der Waals surface area contributed by atoms with Crippen LogP contribution in [-0.4, -0.2) is 36.5 Å². The quantitative estimate of drug-likeness (QED) is 0.504. The van der Waals surface area contributed by atoms with Crippen molar-refractivity contribution in [1.82, 2.24) is 8.96 Å². The van der Waals surface area contributed by atoms with Crippen LogP contribution in [0.5, 0.6) is 11.5 Å². The molecule has 1 heterocycles. The summed E-state index contributed by atoms with van der Waals surface area (Å²) in [6, 6.07) is 8.17. The molecule has 0 fully saturated rings. The SMILES string of the molecule is COc1ccc(OC)c(S(=O)(=O)n2cnc3cc([N+](=O)[O-])ccc32)c1. The molecule has 3 rings (SSSR count). The average molecular weight is 363 g/mol. The molecule has 3 aromatic rings.